The van der Waals surface area contributed by atoms with Gasteiger partial charge in [-0.15, -0.1) is 0 Å². The van der Waals surface area contributed by atoms with Crippen molar-refractivity contribution in [3.8, 4) is 11.5 Å². The normalized spacial score (nSPS) is 11.0. The molecule has 0 unspecified atom stereocenters. The van der Waals surface area contributed by atoms with Crippen LogP contribution in [-0.2, 0) is 0 Å². The number of rotatable bonds is 4. The number of ether oxygens (including phenoxy) is 2. The largest absolute Gasteiger partial charge is 0.497 e. The van der Waals surface area contributed by atoms with E-state index >= 15 is 0 Å². The van der Waals surface area contributed by atoms with Crippen molar-refractivity contribution in [3.05, 3.63) is 34.5 Å². The van der Waals surface area contributed by atoms with E-state index in [9.17, 15) is 4.79 Å². The number of carbonyl (C=O) groups excluding carboxylic acids is 1. The van der Waals surface area contributed by atoms with Crippen LogP contribution in [0, 0.1) is 0 Å². The Labute approximate surface area is 97.2 Å². The molecular weight excluding hydrogens is 239 g/mol. The highest BCUT2D eigenvalue weighted by atomic mass is 35.5. The van der Waals surface area contributed by atoms with Crippen LogP contribution in [-0.4, -0.2) is 13.4 Å². The van der Waals surface area contributed by atoms with Crippen LogP contribution in [0.15, 0.2) is 29.0 Å². The van der Waals surface area contributed by atoms with E-state index in [1.807, 2.05) is 0 Å². The van der Waals surface area contributed by atoms with Gasteiger partial charge in [-0.3, -0.25) is 4.79 Å². The molecule has 0 aliphatic rings. The molecule has 0 aliphatic heterocycles. The molecule has 0 bridgehead atoms. The fourth-order valence-electron chi connectivity index (χ4n) is 0.966. The molecule has 0 radical (unpaired) electrons. The first-order valence-electron chi connectivity index (χ1n) is 3.98. The molecule has 1 aromatic rings. The monoisotopic (exact) mass is 246 g/mol. The molecule has 1 rings (SSSR count). The van der Waals surface area contributed by atoms with Gasteiger partial charge in [-0.05, 0) is 29.8 Å². The predicted molar refractivity (Wildman–Crippen MR) is 58.8 cm³/mol. The van der Waals surface area contributed by atoms with Gasteiger partial charge >= 0.3 is 0 Å². The molecule has 5 heteroatoms. The molecule has 80 valence electrons. The van der Waals surface area contributed by atoms with Crippen molar-refractivity contribution in [1.82, 2.24) is 0 Å². The zero-order valence-corrected chi connectivity index (χ0v) is 9.38. The summed E-state index contributed by atoms with van der Waals surface area (Å²) in [5.41, 5.74) is 1.41. The summed E-state index contributed by atoms with van der Waals surface area (Å²) in [6, 6.07) is 4.77. The van der Waals surface area contributed by atoms with Crippen LogP contribution in [0.3, 0.4) is 0 Å². The van der Waals surface area contributed by atoms with E-state index in [0.717, 1.165) is 5.54 Å². The maximum atomic E-state index is 10.7. The lowest BCUT2D eigenvalue weighted by atomic mass is 10.2. The molecule has 0 saturated carbocycles. The summed E-state index contributed by atoms with van der Waals surface area (Å²) in [5, 5.41) is -0.00932. The van der Waals surface area contributed by atoms with Crippen LogP contribution in [0.5, 0.6) is 11.5 Å². The minimum absolute atomic E-state index is 0.00932. The molecule has 0 amide bonds. The Morgan fingerprint density at radius 3 is 2.73 bits per heavy atom. The molecule has 1 aromatic carbocycles. The molecule has 0 fully saturated rings. The molecule has 0 spiro atoms. The van der Waals surface area contributed by atoms with Gasteiger partial charge in [-0.1, -0.05) is 11.6 Å². The van der Waals surface area contributed by atoms with E-state index in [2.05, 4.69) is 0 Å². The molecule has 15 heavy (non-hydrogen) atoms. The highest BCUT2D eigenvalue weighted by Crippen LogP contribution is 2.25. The van der Waals surface area contributed by atoms with Crippen molar-refractivity contribution in [3.63, 3.8) is 0 Å². The Morgan fingerprint density at radius 1 is 1.47 bits per heavy atom. The molecule has 0 heterocycles. The molecule has 0 aromatic heterocycles. The van der Waals surface area contributed by atoms with Crippen molar-refractivity contribution in [2.45, 2.75) is 0 Å². The fourth-order valence-corrected chi connectivity index (χ4v) is 1.09. The zero-order chi connectivity index (χ0) is 11.3. The van der Waals surface area contributed by atoms with Crippen molar-refractivity contribution in [1.29, 1.82) is 0 Å². The number of aldehydes is 1. The van der Waals surface area contributed by atoms with E-state index in [1.165, 1.54) is 7.11 Å². The SMILES string of the molecule is COc1ccc(O/C(Cl)=C\Cl)c(C=O)c1. The number of carbonyl (C=O) groups is 1. The highest BCUT2D eigenvalue weighted by Gasteiger charge is 2.06. The second-order valence-corrected chi connectivity index (χ2v) is 3.13. The van der Waals surface area contributed by atoms with Gasteiger partial charge in [0.05, 0.1) is 18.2 Å². The third-order valence-electron chi connectivity index (χ3n) is 1.64. The third kappa shape index (κ3) is 3.15. The van der Waals surface area contributed by atoms with E-state index in [1.54, 1.807) is 18.2 Å². The van der Waals surface area contributed by atoms with Gasteiger partial charge in [0.2, 0.25) is 5.22 Å². The van der Waals surface area contributed by atoms with Crippen molar-refractivity contribution in [2.75, 3.05) is 7.11 Å². The van der Waals surface area contributed by atoms with Gasteiger partial charge in [-0.2, -0.15) is 0 Å². The first kappa shape index (κ1) is 11.9. The molecule has 3 nitrogen and oxygen atoms in total. The third-order valence-corrected chi connectivity index (χ3v) is 2.13. The molecular formula is C10H8Cl2O3. The lowest BCUT2D eigenvalue weighted by molar-refractivity contribution is 0.112. The number of benzene rings is 1. The lowest BCUT2D eigenvalue weighted by Gasteiger charge is -2.07. The Hall–Kier alpha value is -1.19. The second-order valence-electron chi connectivity index (χ2n) is 2.54. The number of halogens is 2. The van der Waals surface area contributed by atoms with Gasteiger partial charge in [0.25, 0.3) is 0 Å². The van der Waals surface area contributed by atoms with Crippen molar-refractivity contribution < 1.29 is 14.3 Å². The summed E-state index contributed by atoms with van der Waals surface area (Å²) in [6.07, 6.45) is 0.649. The van der Waals surface area contributed by atoms with E-state index < -0.39 is 0 Å². The van der Waals surface area contributed by atoms with E-state index in [-0.39, 0.29) is 5.22 Å². The first-order valence-corrected chi connectivity index (χ1v) is 4.79. The van der Waals surface area contributed by atoms with Gasteiger partial charge < -0.3 is 9.47 Å². The number of hydrogen-bond donors (Lipinski definition) is 0. The van der Waals surface area contributed by atoms with Crippen LogP contribution < -0.4 is 9.47 Å². The van der Waals surface area contributed by atoms with Gasteiger partial charge in [0, 0.05) is 0 Å². The molecule has 0 N–H and O–H groups in total. The zero-order valence-electron chi connectivity index (χ0n) is 7.87. The van der Waals surface area contributed by atoms with E-state index in [0.29, 0.717) is 23.3 Å². The highest BCUT2D eigenvalue weighted by molar-refractivity contribution is 6.35. The fraction of sp³-hybridized carbons (Fsp3) is 0.100. The van der Waals surface area contributed by atoms with E-state index in [4.69, 9.17) is 32.7 Å². The maximum Gasteiger partial charge on any atom is 0.205 e. The Morgan fingerprint density at radius 2 is 2.20 bits per heavy atom. The molecule has 0 aliphatic carbocycles. The Bertz CT molecular complexity index is 388. The summed E-state index contributed by atoms with van der Waals surface area (Å²) in [7, 11) is 1.51. The minimum Gasteiger partial charge on any atom is -0.497 e. The number of hydrogen-bond acceptors (Lipinski definition) is 3. The van der Waals surface area contributed by atoms with Crippen LogP contribution in [0.1, 0.15) is 10.4 Å². The van der Waals surface area contributed by atoms with Gasteiger partial charge in [-0.25, -0.2) is 0 Å². The van der Waals surface area contributed by atoms with Crippen LogP contribution in [0.4, 0.5) is 0 Å². The average molecular weight is 247 g/mol. The van der Waals surface area contributed by atoms with Crippen LogP contribution >= 0.6 is 23.2 Å². The summed E-state index contributed by atoms with van der Waals surface area (Å²) in [6.45, 7) is 0. The maximum absolute atomic E-state index is 10.7. The van der Waals surface area contributed by atoms with Gasteiger partial charge in [0.15, 0.2) is 6.29 Å². The van der Waals surface area contributed by atoms with Crippen LogP contribution in [0.2, 0.25) is 0 Å². The average Bonchev–Trinajstić information content (AvgIpc) is 2.29. The Balaban J connectivity index is 3.02. The summed E-state index contributed by atoms with van der Waals surface area (Å²) in [4.78, 5) is 10.7. The van der Waals surface area contributed by atoms with Crippen molar-refractivity contribution >= 4 is 29.5 Å². The number of methoxy groups -OCH3 is 1. The quantitative estimate of drug-likeness (QED) is 0.605. The standard InChI is InChI=1S/C10H8Cl2O3/c1-14-8-2-3-9(7(4-8)6-13)15-10(12)5-11/h2-6H,1H3/b10-5-. The smallest absolute Gasteiger partial charge is 0.205 e. The second kappa shape index (κ2) is 5.63. The first-order chi connectivity index (χ1) is 7.21. The minimum atomic E-state index is -0.00932. The topological polar surface area (TPSA) is 35.5 Å². The Kier molecular flexibility index (Phi) is 4.46. The van der Waals surface area contributed by atoms with Crippen LogP contribution in [0.25, 0.3) is 0 Å². The lowest BCUT2D eigenvalue weighted by Crippen LogP contribution is -1.94. The summed E-state index contributed by atoms with van der Waals surface area (Å²) < 4.78 is 10.0. The summed E-state index contributed by atoms with van der Waals surface area (Å²) in [5.74, 6) is 0.892. The molecule has 0 saturated heterocycles. The van der Waals surface area contributed by atoms with Gasteiger partial charge in [0.1, 0.15) is 11.5 Å². The summed E-state index contributed by atoms with van der Waals surface area (Å²) >= 11 is 10.9. The van der Waals surface area contributed by atoms with Crippen molar-refractivity contribution in [2.24, 2.45) is 0 Å². The molecule has 0 atom stereocenters. The predicted octanol–water partition coefficient (Wildman–Crippen LogP) is 3.16.